The highest BCUT2D eigenvalue weighted by Gasteiger charge is 2.40. The number of hydrogen-bond acceptors (Lipinski definition) is 5. The molecule has 1 N–H and O–H groups in total. The summed E-state index contributed by atoms with van der Waals surface area (Å²) in [5.41, 5.74) is 0.487. The lowest BCUT2D eigenvalue weighted by Gasteiger charge is -2.27. The molecule has 4 rings (SSSR count). The number of methoxy groups -OCH3 is 1. The van der Waals surface area contributed by atoms with Gasteiger partial charge in [0.2, 0.25) is 15.9 Å². The summed E-state index contributed by atoms with van der Waals surface area (Å²) in [5.74, 6) is 2.18. The van der Waals surface area contributed by atoms with Crippen molar-refractivity contribution in [3.05, 3.63) is 18.2 Å². The summed E-state index contributed by atoms with van der Waals surface area (Å²) in [7, 11) is -2.27. The van der Waals surface area contributed by atoms with Crippen molar-refractivity contribution >= 4 is 21.6 Å². The lowest BCUT2D eigenvalue weighted by molar-refractivity contribution is -0.117. The second-order valence-electron chi connectivity index (χ2n) is 8.07. The van der Waals surface area contributed by atoms with E-state index in [1.54, 1.807) is 12.1 Å². The van der Waals surface area contributed by atoms with Crippen LogP contribution in [-0.4, -0.2) is 52.0 Å². The van der Waals surface area contributed by atoms with Gasteiger partial charge in [-0.1, -0.05) is 6.42 Å². The van der Waals surface area contributed by atoms with E-state index in [9.17, 15) is 13.2 Å². The largest absolute Gasteiger partial charge is 0.495 e. The molecule has 1 heterocycles. The minimum absolute atomic E-state index is 0.0440. The first-order valence-electron chi connectivity index (χ1n) is 10.0. The number of nitrogens with zero attached hydrogens (tertiary/aromatic N) is 1. The number of sulfonamides is 1. The molecule has 8 heteroatoms. The van der Waals surface area contributed by atoms with E-state index < -0.39 is 10.0 Å². The molecule has 2 saturated carbocycles. The molecule has 0 spiro atoms. The Morgan fingerprint density at radius 2 is 2.04 bits per heavy atom. The fourth-order valence-electron chi connectivity index (χ4n) is 4.96. The van der Waals surface area contributed by atoms with E-state index in [4.69, 9.17) is 9.47 Å². The Hall–Kier alpha value is -1.64. The zero-order valence-corrected chi connectivity index (χ0v) is 17.0. The average Bonchev–Trinajstić information content (AvgIpc) is 3.31. The molecular formula is C20H28N2O5S. The van der Waals surface area contributed by atoms with Crippen LogP contribution < -0.4 is 10.1 Å². The molecule has 28 heavy (non-hydrogen) atoms. The van der Waals surface area contributed by atoms with Gasteiger partial charge in [-0.25, -0.2) is 8.42 Å². The van der Waals surface area contributed by atoms with E-state index in [1.165, 1.54) is 36.7 Å². The Morgan fingerprint density at radius 3 is 2.68 bits per heavy atom. The average molecular weight is 409 g/mol. The summed E-state index contributed by atoms with van der Waals surface area (Å²) in [6.45, 7) is 1.38. The third-order valence-electron chi connectivity index (χ3n) is 6.37. The van der Waals surface area contributed by atoms with Crippen molar-refractivity contribution in [1.29, 1.82) is 0 Å². The molecule has 0 aromatic heterocycles. The summed E-state index contributed by atoms with van der Waals surface area (Å²) >= 11 is 0. The van der Waals surface area contributed by atoms with Crippen molar-refractivity contribution in [3.8, 4) is 5.75 Å². The zero-order valence-electron chi connectivity index (χ0n) is 16.2. The number of ether oxygens (including phenoxy) is 2. The van der Waals surface area contributed by atoms with Crippen LogP contribution >= 0.6 is 0 Å². The number of hydrogen-bond donors (Lipinski definition) is 1. The molecular weight excluding hydrogens is 380 g/mol. The lowest BCUT2D eigenvalue weighted by Crippen LogP contribution is -2.40. The molecule has 0 unspecified atom stereocenters. The fourth-order valence-corrected chi connectivity index (χ4v) is 6.55. The van der Waals surface area contributed by atoms with Crippen molar-refractivity contribution < 1.29 is 22.7 Å². The highest BCUT2D eigenvalue weighted by atomic mass is 32.2. The predicted octanol–water partition coefficient (Wildman–Crippen LogP) is 2.48. The smallest absolute Gasteiger partial charge is 0.246 e. The van der Waals surface area contributed by atoms with E-state index in [0.717, 1.165) is 12.3 Å². The standard InChI is InChI=1S/C20H28N2O5S/c1-26-18-5-4-17(13-19(18)28(24,25)22-6-8-27-9-7-22)21-20(23)12-16-11-14-2-3-15(16)10-14/h4-5,13-16H,2-3,6-12H2,1H3,(H,21,23)/t14-,15+,16-/m0/s1. The monoisotopic (exact) mass is 408 g/mol. The summed E-state index contributed by atoms with van der Waals surface area (Å²) in [4.78, 5) is 12.6. The number of nitrogens with one attached hydrogen (secondary N) is 1. The van der Waals surface area contributed by atoms with Crippen molar-refractivity contribution in [1.82, 2.24) is 4.31 Å². The van der Waals surface area contributed by atoms with Gasteiger partial charge >= 0.3 is 0 Å². The van der Waals surface area contributed by atoms with E-state index in [1.807, 2.05) is 0 Å². The van der Waals surface area contributed by atoms with Gasteiger partial charge in [-0.2, -0.15) is 4.31 Å². The van der Waals surface area contributed by atoms with Crippen molar-refractivity contribution in [2.24, 2.45) is 17.8 Å². The normalized spacial score (nSPS) is 27.7. The van der Waals surface area contributed by atoms with Gasteiger partial charge in [0.25, 0.3) is 0 Å². The van der Waals surface area contributed by atoms with Crippen LogP contribution in [0, 0.1) is 17.8 Å². The molecule has 2 bridgehead atoms. The van der Waals surface area contributed by atoms with Gasteiger partial charge in [-0.05, 0) is 55.2 Å². The number of morpholine rings is 1. The molecule has 154 valence electrons. The van der Waals surface area contributed by atoms with Gasteiger partial charge < -0.3 is 14.8 Å². The van der Waals surface area contributed by atoms with Crippen molar-refractivity contribution in [2.45, 2.75) is 37.0 Å². The van der Waals surface area contributed by atoms with Gasteiger partial charge in [-0.15, -0.1) is 0 Å². The first-order valence-corrected chi connectivity index (χ1v) is 11.5. The molecule has 1 amide bonds. The maximum atomic E-state index is 13.0. The van der Waals surface area contributed by atoms with Crippen LogP contribution in [0.25, 0.3) is 0 Å². The van der Waals surface area contributed by atoms with Gasteiger partial charge in [0.15, 0.2) is 0 Å². The molecule has 0 radical (unpaired) electrons. The number of fused-ring (bicyclic) bond motifs is 2. The lowest BCUT2D eigenvalue weighted by atomic mass is 9.86. The van der Waals surface area contributed by atoms with Gasteiger partial charge in [-0.3, -0.25) is 4.79 Å². The Kier molecular flexibility index (Phi) is 5.62. The molecule has 1 aliphatic heterocycles. The van der Waals surface area contributed by atoms with E-state index in [2.05, 4.69) is 5.32 Å². The molecule has 3 atom stereocenters. The number of benzene rings is 1. The maximum absolute atomic E-state index is 13.0. The number of anilines is 1. The SMILES string of the molecule is COc1ccc(NC(=O)C[C@@H]2C[C@H]3CC[C@@H]2C3)cc1S(=O)(=O)N1CCOCC1. The third-order valence-corrected chi connectivity index (χ3v) is 8.29. The maximum Gasteiger partial charge on any atom is 0.246 e. The van der Waals surface area contributed by atoms with Crippen LogP contribution in [0.2, 0.25) is 0 Å². The summed E-state index contributed by atoms with van der Waals surface area (Å²) in [6.07, 6.45) is 5.48. The van der Waals surface area contributed by atoms with Crippen LogP contribution in [0.3, 0.4) is 0 Å². The third kappa shape index (κ3) is 3.90. The van der Waals surface area contributed by atoms with Gasteiger partial charge in [0.05, 0.1) is 20.3 Å². The van der Waals surface area contributed by atoms with Crippen LogP contribution in [0.1, 0.15) is 32.1 Å². The van der Waals surface area contributed by atoms with Crippen molar-refractivity contribution in [2.75, 3.05) is 38.7 Å². The van der Waals surface area contributed by atoms with E-state index in [0.29, 0.717) is 50.2 Å². The molecule has 3 aliphatic rings. The molecule has 1 aromatic rings. The fraction of sp³-hybridized carbons (Fsp3) is 0.650. The first kappa shape index (κ1) is 19.7. The quantitative estimate of drug-likeness (QED) is 0.782. The second kappa shape index (κ2) is 8.00. The number of rotatable bonds is 6. The predicted molar refractivity (Wildman–Crippen MR) is 105 cm³/mol. The molecule has 2 aliphatic carbocycles. The van der Waals surface area contributed by atoms with Crippen LogP contribution in [-0.2, 0) is 19.6 Å². The minimum Gasteiger partial charge on any atom is -0.495 e. The zero-order chi connectivity index (χ0) is 19.7. The second-order valence-corrected chi connectivity index (χ2v) is 9.98. The van der Waals surface area contributed by atoms with E-state index in [-0.39, 0.29) is 16.6 Å². The summed E-state index contributed by atoms with van der Waals surface area (Å²) in [5, 5.41) is 2.89. The number of carbonyl (C=O) groups excluding carboxylic acids is 1. The van der Waals surface area contributed by atoms with Gasteiger partial charge in [0.1, 0.15) is 10.6 Å². The van der Waals surface area contributed by atoms with Crippen molar-refractivity contribution in [3.63, 3.8) is 0 Å². The highest BCUT2D eigenvalue weighted by molar-refractivity contribution is 7.89. The van der Waals surface area contributed by atoms with Gasteiger partial charge in [0, 0.05) is 25.2 Å². The molecule has 1 aromatic carbocycles. The van der Waals surface area contributed by atoms with E-state index >= 15 is 0 Å². The first-order chi connectivity index (χ1) is 13.5. The number of carbonyl (C=O) groups is 1. The van der Waals surface area contributed by atoms with Crippen LogP contribution in [0.4, 0.5) is 5.69 Å². The van der Waals surface area contributed by atoms with Crippen LogP contribution in [0.5, 0.6) is 5.75 Å². The Balaban J connectivity index is 1.49. The summed E-state index contributed by atoms with van der Waals surface area (Å²) < 4.78 is 38.0. The topological polar surface area (TPSA) is 84.9 Å². The number of amides is 1. The van der Waals surface area contributed by atoms with Crippen LogP contribution in [0.15, 0.2) is 23.1 Å². The molecule has 7 nitrogen and oxygen atoms in total. The molecule has 1 saturated heterocycles. The molecule has 3 fully saturated rings. The Bertz CT molecular complexity index is 835. The Labute approximate surface area is 166 Å². The Morgan fingerprint density at radius 1 is 1.25 bits per heavy atom. The minimum atomic E-state index is -3.72. The summed E-state index contributed by atoms with van der Waals surface area (Å²) in [6, 6.07) is 4.79. The highest BCUT2D eigenvalue weighted by Crippen LogP contribution is 2.49.